The molecule has 138 valence electrons. The molecule has 1 aromatic rings. The third-order valence-electron chi connectivity index (χ3n) is 5.18. The molecule has 1 saturated heterocycles. The van der Waals surface area contributed by atoms with Gasteiger partial charge in [-0.05, 0) is 39.5 Å². The summed E-state index contributed by atoms with van der Waals surface area (Å²) in [5, 5.41) is 3.20. The molecule has 1 aromatic heterocycles. The Morgan fingerprint density at radius 3 is 2.64 bits per heavy atom. The summed E-state index contributed by atoms with van der Waals surface area (Å²) in [7, 11) is 0. The van der Waals surface area contributed by atoms with Gasteiger partial charge in [0.1, 0.15) is 6.10 Å². The van der Waals surface area contributed by atoms with Crippen molar-refractivity contribution in [3.05, 3.63) is 17.6 Å². The fourth-order valence-electron chi connectivity index (χ4n) is 3.69. The van der Waals surface area contributed by atoms with E-state index in [1.54, 1.807) is 6.20 Å². The Hall–Kier alpha value is -1.69. The molecule has 0 spiro atoms. The first-order chi connectivity index (χ1) is 12.1. The van der Waals surface area contributed by atoms with Crippen LogP contribution >= 0.6 is 0 Å². The van der Waals surface area contributed by atoms with Gasteiger partial charge in [0.25, 0.3) is 0 Å². The van der Waals surface area contributed by atoms with Crippen molar-refractivity contribution in [3.63, 3.8) is 0 Å². The van der Waals surface area contributed by atoms with E-state index in [2.05, 4.69) is 20.2 Å². The van der Waals surface area contributed by atoms with E-state index in [9.17, 15) is 4.79 Å². The van der Waals surface area contributed by atoms with Gasteiger partial charge in [-0.25, -0.2) is 4.98 Å². The molecule has 1 amide bonds. The van der Waals surface area contributed by atoms with E-state index in [0.717, 1.165) is 50.2 Å². The normalized spacial score (nSPS) is 20.4. The number of nitrogens with zero attached hydrogens (tertiary/aromatic N) is 3. The van der Waals surface area contributed by atoms with Crippen LogP contribution in [0.4, 0.5) is 0 Å². The molecule has 1 aliphatic heterocycles. The van der Waals surface area contributed by atoms with Gasteiger partial charge in [-0.1, -0.05) is 19.3 Å². The number of rotatable bonds is 5. The molecular weight excluding hydrogens is 316 g/mol. The van der Waals surface area contributed by atoms with Gasteiger partial charge in [0.15, 0.2) is 0 Å². The Labute approximate surface area is 150 Å². The minimum absolute atomic E-state index is 0.160. The van der Waals surface area contributed by atoms with Crippen LogP contribution in [-0.2, 0) is 4.79 Å². The zero-order valence-electron chi connectivity index (χ0n) is 15.5. The Balaban J connectivity index is 1.40. The van der Waals surface area contributed by atoms with Crippen LogP contribution in [0.1, 0.15) is 56.3 Å². The first-order valence-electron chi connectivity index (χ1n) is 9.59. The summed E-state index contributed by atoms with van der Waals surface area (Å²) < 4.78 is 6.04. The summed E-state index contributed by atoms with van der Waals surface area (Å²) in [5.74, 6) is 0.820. The van der Waals surface area contributed by atoms with Crippen molar-refractivity contribution >= 4 is 5.91 Å². The zero-order chi connectivity index (χ0) is 17.6. The number of piperidine rings is 1. The average Bonchev–Trinajstić information content (AvgIpc) is 2.61. The van der Waals surface area contributed by atoms with Gasteiger partial charge in [-0.3, -0.25) is 14.7 Å². The van der Waals surface area contributed by atoms with Gasteiger partial charge in [0.2, 0.25) is 11.8 Å². The van der Waals surface area contributed by atoms with Crippen molar-refractivity contribution in [3.8, 4) is 5.88 Å². The Morgan fingerprint density at radius 2 is 1.92 bits per heavy atom. The molecule has 6 nitrogen and oxygen atoms in total. The highest BCUT2D eigenvalue weighted by Crippen LogP contribution is 2.20. The van der Waals surface area contributed by atoms with Crippen LogP contribution in [0.25, 0.3) is 0 Å². The second kappa shape index (κ2) is 8.61. The average molecular weight is 346 g/mol. The van der Waals surface area contributed by atoms with Crippen molar-refractivity contribution in [2.24, 2.45) is 0 Å². The number of amides is 1. The smallest absolute Gasteiger partial charge is 0.235 e. The number of hydrogen-bond acceptors (Lipinski definition) is 5. The van der Waals surface area contributed by atoms with Gasteiger partial charge in [-0.15, -0.1) is 0 Å². The van der Waals surface area contributed by atoms with Crippen LogP contribution in [0.2, 0.25) is 0 Å². The maximum Gasteiger partial charge on any atom is 0.235 e. The predicted octanol–water partition coefficient (Wildman–Crippen LogP) is 2.39. The molecule has 6 heteroatoms. The number of ether oxygens (including phenoxy) is 1. The predicted molar refractivity (Wildman–Crippen MR) is 96.6 cm³/mol. The molecule has 3 rings (SSSR count). The maximum atomic E-state index is 12.2. The molecule has 2 fully saturated rings. The maximum absolute atomic E-state index is 12.2. The fourth-order valence-corrected chi connectivity index (χ4v) is 3.69. The highest BCUT2D eigenvalue weighted by Gasteiger charge is 2.24. The lowest BCUT2D eigenvalue weighted by Crippen LogP contribution is -2.46. The van der Waals surface area contributed by atoms with E-state index in [4.69, 9.17) is 4.74 Å². The van der Waals surface area contributed by atoms with E-state index in [1.807, 2.05) is 13.8 Å². The minimum atomic E-state index is 0.160. The quantitative estimate of drug-likeness (QED) is 0.887. The summed E-state index contributed by atoms with van der Waals surface area (Å²) in [6, 6.07) is 0.394. The van der Waals surface area contributed by atoms with Crippen LogP contribution in [0.3, 0.4) is 0 Å². The molecule has 0 atom stereocenters. The fraction of sp³-hybridized carbons (Fsp3) is 0.737. The number of nitrogens with one attached hydrogen (secondary N) is 1. The number of likely N-dealkylation sites (tertiary alicyclic amines) is 1. The van der Waals surface area contributed by atoms with E-state index in [1.165, 1.54) is 19.3 Å². The van der Waals surface area contributed by atoms with Crippen molar-refractivity contribution in [2.45, 2.75) is 70.9 Å². The van der Waals surface area contributed by atoms with Crippen LogP contribution < -0.4 is 10.1 Å². The van der Waals surface area contributed by atoms with Crippen LogP contribution in [0, 0.1) is 13.8 Å². The van der Waals surface area contributed by atoms with E-state index >= 15 is 0 Å². The number of carbonyl (C=O) groups is 1. The van der Waals surface area contributed by atoms with Crippen molar-refractivity contribution in [1.29, 1.82) is 0 Å². The highest BCUT2D eigenvalue weighted by atomic mass is 16.5. The number of aromatic nitrogens is 2. The molecule has 1 saturated carbocycles. The van der Waals surface area contributed by atoms with Crippen LogP contribution in [0.15, 0.2) is 6.20 Å². The number of aryl methyl sites for hydroxylation is 2. The number of hydrogen-bond donors (Lipinski definition) is 1. The molecule has 25 heavy (non-hydrogen) atoms. The summed E-state index contributed by atoms with van der Waals surface area (Å²) in [6.07, 6.45) is 9.84. The summed E-state index contributed by atoms with van der Waals surface area (Å²) in [5.41, 5.74) is 1.71. The van der Waals surface area contributed by atoms with Crippen LogP contribution in [0.5, 0.6) is 5.88 Å². The third kappa shape index (κ3) is 5.39. The van der Waals surface area contributed by atoms with Crippen LogP contribution in [-0.4, -0.2) is 52.6 Å². The molecule has 2 aliphatic rings. The molecule has 0 bridgehead atoms. The first-order valence-corrected chi connectivity index (χ1v) is 9.59. The molecular formula is C19H30N4O2. The highest BCUT2D eigenvalue weighted by molar-refractivity contribution is 5.78. The third-order valence-corrected chi connectivity index (χ3v) is 5.18. The van der Waals surface area contributed by atoms with E-state index < -0.39 is 0 Å². The van der Waals surface area contributed by atoms with E-state index in [-0.39, 0.29) is 12.0 Å². The lowest BCUT2D eigenvalue weighted by Gasteiger charge is -2.32. The monoisotopic (exact) mass is 346 g/mol. The van der Waals surface area contributed by atoms with Gasteiger partial charge >= 0.3 is 0 Å². The zero-order valence-corrected chi connectivity index (χ0v) is 15.5. The SMILES string of the molecule is Cc1cnc(C)c(OC2CCN(CC(=O)NC3CCCCC3)CC2)n1. The molecule has 0 radical (unpaired) electrons. The Morgan fingerprint density at radius 1 is 1.20 bits per heavy atom. The van der Waals surface area contributed by atoms with Gasteiger partial charge in [0, 0.05) is 25.3 Å². The lowest BCUT2D eigenvalue weighted by atomic mass is 9.95. The minimum Gasteiger partial charge on any atom is -0.473 e. The van der Waals surface area contributed by atoms with Gasteiger partial charge in [-0.2, -0.15) is 0 Å². The van der Waals surface area contributed by atoms with Gasteiger partial charge in [0.05, 0.1) is 17.9 Å². The Bertz CT molecular complexity index is 579. The molecule has 1 N–H and O–H groups in total. The molecule has 0 aromatic carbocycles. The second-order valence-corrected chi connectivity index (χ2v) is 7.40. The molecule has 0 unspecified atom stereocenters. The van der Waals surface area contributed by atoms with Crippen molar-refractivity contribution < 1.29 is 9.53 Å². The summed E-state index contributed by atoms with van der Waals surface area (Å²) in [4.78, 5) is 23.2. The number of carbonyl (C=O) groups excluding carboxylic acids is 1. The summed E-state index contributed by atoms with van der Waals surface area (Å²) in [6.45, 7) is 6.13. The van der Waals surface area contributed by atoms with E-state index in [0.29, 0.717) is 18.5 Å². The topological polar surface area (TPSA) is 67.3 Å². The largest absolute Gasteiger partial charge is 0.473 e. The lowest BCUT2D eigenvalue weighted by molar-refractivity contribution is -0.123. The van der Waals surface area contributed by atoms with Crippen molar-refractivity contribution in [1.82, 2.24) is 20.2 Å². The molecule has 2 heterocycles. The first kappa shape index (κ1) is 18.1. The van der Waals surface area contributed by atoms with Gasteiger partial charge < -0.3 is 10.1 Å². The Kier molecular flexibility index (Phi) is 6.24. The summed E-state index contributed by atoms with van der Waals surface area (Å²) >= 11 is 0. The molecule has 1 aliphatic carbocycles. The standard InChI is InChI=1S/C19H30N4O2/c1-14-12-20-15(2)19(21-14)25-17-8-10-23(11-9-17)13-18(24)22-16-6-4-3-5-7-16/h12,16-17H,3-11,13H2,1-2H3,(H,22,24). The van der Waals surface area contributed by atoms with Crippen molar-refractivity contribution in [2.75, 3.05) is 19.6 Å². The second-order valence-electron chi connectivity index (χ2n) is 7.40.